The fourth-order valence-corrected chi connectivity index (χ4v) is 2.21. The van der Waals surface area contributed by atoms with Gasteiger partial charge in [0.2, 0.25) is 5.91 Å². The van der Waals surface area contributed by atoms with Gasteiger partial charge >= 0.3 is 0 Å². The van der Waals surface area contributed by atoms with Crippen molar-refractivity contribution in [3.05, 3.63) is 28.3 Å². The Labute approximate surface area is 113 Å². The molecule has 1 aromatic carbocycles. The molecule has 7 heteroatoms. The molecular weight excluding hydrogens is 266 g/mol. The number of anilines is 1. The van der Waals surface area contributed by atoms with Gasteiger partial charge in [0, 0.05) is 17.5 Å². The molecule has 2 aromatic rings. The molecule has 0 atom stereocenters. The molecule has 0 saturated heterocycles. The number of rotatable bonds is 2. The van der Waals surface area contributed by atoms with Crippen molar-refractivity contribution in [2.75, 3.05) is 5.32 Å². The molecule has 6 nitrogen and oxygen atoms in total. The average molecular weight is 279 g/mol. The van der Waals surface area contributed by atoms with Gasteiger partial charge in [0.1, 0.15) is 0 Å². The number of hydrogen-bond donors (Lipinski definition) is 1. The second-order valence-corrected chi connectivity index (χ2v) is 6.16. The highest BCUT2D eigenvalue weighted by Gasteiger charge is 2.22. The van der Waals surface area contributed by atoms with Crippen LogP contribution in [-0.2, 0) is 4.79 Å². The summed E-state index contributed by atoms with van der Waals surface area (Å²) in [6.07, 6.45) is 0. The molecule has 0 unspecified atom stereocenters. The zero-order valence-electron chi connectivity index (χ0n) is 10.8. The van der Waals surface area contributed by atoms with Gasteiger partial charge in [0.05, 0.1) is 15.1 Å². The maximum Gasteiger partial charge on any atom is 0.271 e. The van der Waals surface area contributed by atoms with E-state index >= 15 is 0 Å². The van der Waals surface area contributed by atoms with Gasteiger partial charge in [-0.3, -0.25) is 14.9 Å². The highest BCUT2D eigenvalue weighted by molar-refractivity contribution is 7.22. The Hall–Kier alpha value is -2.02. The van der Waals surface area contributed by atoms with Crippen molar-refractivity contribution in [2.24, 2.45) is 5.41 Å². The van der Waals surface area contributed by atoms with Crippen LogP contribution < -0.4 is 5.32 Å². The number of hydrogen-bond acceptors (Lipinski definition) is 5. The molecular formula is C12H13N3O3S. The van der Waals surface area contributed by atoms with E-state index in [0.29, 0.717) is 10.6 Å². The Bertz CT molecular complexity index is 658. The third-order valence-electron chi connectivity index (χ3n) is 2.48. The van der Waals surface area contributed by atoms with Crippen molar-refractivity contribution in [1.29, 1.82) is 0 Å². The Morgan fingerprint density at radius 1 is 1.42 bits per heavy atom. The smallest absolute Gasteiger partial charge is 0.271 e. The summed E-state index contributed by atoms with van der Waals surface area (Å²) >= 11 is 1.30. The summed E-state index contributed by atoms with van der Waals surface area (Å²) in [5.74, 6) is -0.138. The number of fused-ring (bicyclic) bond motifs is 1. The van der Waals surface area contributed by atoms with E-state index < -0.39 is 10.3 Å². The summed E-state index contributed by atoms with van der Waals surface area (Å²) in [7, 11) is 0. The van der Waals surface area contributed by atoms with E-state index in [9.17, 15) is 14.9 Å². The molecule has 0 spiro atoms. The van der Waals surface area contributed by atoms with Crippen LogP contribution in [-0.4, -0.2) is 15.8 Å². The standard InChI is InChI=1S/C12H13N3O3S/c1-12(2,3)10(16)14-11-13-8-6-7(15(17)18)4-5-9(8)19-11/h4-6H,1-3H3,(H,13,14,16). The zero-order chi connectivity index (χ0) is 14.2. The second-order valence-electron chi connectivity index (χ2n) is 5.13. The molecule has 0 fully saturated rings. The van der Waals surface area contributed by atoms with Gasteiger partial charge < -0.3 is 5.32 Å². The molecule has 0 bridgehead atoms. The second kappa shape index (κ2) is 4.58. The lowest BCUT2D eigenvalue weighted by Crippen LogP contribution is -2.27. The van der Waals surface area contributed by atoms with Crippen LogP contribution in [0.4, 0.5) is 10.8 Å². The molecule has 19 heavy (non-hydrogen) atoms. The van der Waals surface area contributed by atoms with Crippen LogP contribution in [0.2, 0.25) is 0 Å². The van der Waals surface area contributed by atoms with Crippen LogP contribution >= 0.6 is 11.3 Å². The maximum absolute atomic E-state index is 11.8. The van der Waals surface area contributed by atoms with Crippen molar-refractivity contribution in [3.8, 4) is 0 Å². The Morgan fingerprint density at radius 3 is 2.68 bits per heavy atom. The molecule has 1 heterocycles. The van der Waals surface area contributed by atoms with E-state index in [4.69, 9.17) is 0 Å². The van der Waals surface area contributed by atoms with Crippen LogP contribution in [0.1, 0.15) is 20.8 Å². The SMILES string of the molecule is CC(C)(C)C(=O)Nc1nc2cc([N+](=O)[O-])ccc2s1. The lowest BCUT2D eigenvalue weighted by molar-refractivity contribution is -0.384. The zero-order valence-corrected chi connectivity index (χ0v) is 11.6. The first kappa shape index (κ1) is 13.4. The molecule has 1 aromatic heterocycles. The van der Waals surface area contributed by atoms with Gasteiger partial charge in [-0.05, 0) is 6.07 Å². The fourth-order valence-electron chi connectivity index (χ4n) is 1.37. The van der Waals surface area contributed by atoms with Crippen molar-refractivity contribution in [1.82, 2.24) is 4.98 Å². The number of non-ortho nitro benzene ring substituents is 1. The molecule has 0 saturated carbocycles. The van der Waals surface area contributed by atoms with Gasteiger partial charge in [0.15, 0.2) is 5.13 Å². The fraction of sp³-hybridized carbons (Fsp3) is 0.333. The molecule has 1 N–H and O–H groups in total. The summed E-state index contributed by atoms with van der Waals surface area (Å²) in [6, 6.07) is 4.46. The molecule has 0 aliphatic carbocycles. The number of carbonyl (C=O) groups excluding carboxylic acids is 1. The monoisotopic (exact) mass is 279 g/mol. The van der Waals surface area contributed by atoms with Crippen LogP contribution in [0, 0.1) is 15.5 Å². The number of nitrogens with one attached hydrogen (secondary N) is 1. The number of nitrogens with zero attached hydrogens (tertiary/aromatic N) is 2. The summed E-state index contributed by atoms with van der Waals surface area (Å²) in [5.41, 5.74) is -0.000895. The first-order chi connectivity index (χ1) is 8.77. The van der Waals surface area contributed by atoms with Gasteiger partial charge in [0.25, 0.3) is 5.69 Å². The third kappa shape index (κ3) is 2.87. The lowest BCUT2D eigenvalue weighted by atomic mass is 9.96. The predicted octanol–water partition coefficient (Wildman–Crippen LogP) is 3.19. The van der Waals surface area contributed by atoms with Crippen molar-refractivity contribution in [2.45, 2.75) is 20.8 Å². The first-order valence-corrected chi connectivity index (χ1v) is 6.45. The third-order valence-corrected chi connectivity index (χ3v) is 3.44. The molecule has 2 rings (SSSR count). The number of thiazole rings is 1. The van der Waals surface area contributed by atoms with Gasteiger partial charge in [-0.25, -0.2) is 4.98 Å². The highest BCUT2D eigenvalue weighted by Crippen LogP contribution is 2.29. The van der Waals surface area contributed by atoms with Crippen molar-refractivity contribution >= 4 is 38.3 Å². The van der Waals surface area contributed by atoms with E-state index in [1.165, 1.54) is 23.5 Å². The first-order valence-electron chi connectivity index (χ1n) is 5.64. The lowest BCUT2D eigenvalue weighted by Gasteiger charge is -2.15. The van der Waals surface area contributed by atoms with E-state index in [1.54, 1.807) is 26.8 Å². The number of aromatic nitrogens is 1. The summed E-state index contributed by atoms with van der Waals surface area (Å²) in [4.78, 5) is 26.2. The molecule has 1 amide bonds. The molecule has 100 valence electrons. The normalized spacial score (nSPS) is 11.5. The minimum absolute atomic E-state index is 0.00787. The quantitative estimate of drug-likeness (QED) is 0.675. The Balaban J connectivity index is 2.32. The number of carbonyl (C=O) groups is 1. The van der Waals surface area contributed by atoms with Crippen molar-refractivity contribution in [3.63, 3.8) is 0 Å². The van der Waals surface area contributed by atoms with Crippen molar-refractivity contribution < 1.29 is 9.72 Å². The molecule has 0 radical (unpaired) electrons. The van der Waals surface area contributed by atoms with E-state index in [1.807, 2.05) is 0 Å². The topological polar surface area (TPSA) is 85.1 Å². The number of benzene rings is 1. The largest absolute Gasteiger partial charge is 0.301 e. The van der Waals surface area contributed by atoms with E-state index in [-0.39, 0.29) is 11.6 Å². The summed E-state index contributed by atoms with van der Waals surface area (Å²) in [6.45, 7) is 5.42. The molecule has 0 aliphatic heterocycles. The predicted molar refractivity (Wildman–Crippen MR) is 74.4 cm³/mol. The van der Waals surface area contributed by atoms with E-state index in [0.717, 1.165) is 4.70 Å². The Morgan fingerprint density at radius 2 is 2.11 bits per heavy atom. The summed E-state index contributed by atoms with van der Waals surface area (Å²) in [5, 5.41) is 13.8. The number of nitro benzene ring substituents is 1. The average Bonchev–Trinajstić information content (AvgIpc) is 2.68. The van der Waals surface area contributed by atoms with Crippen LogP contribution in [0.3, 0.4) is 0 Å². The number of nitro groups is 1. The van der Waals surface area contributed by atoms with Crippen LogP contribution in [0.5, 0.6) is 0 Å². The van der Waals surface area contributed by atoms with Gasteiger partial charge in [-0.1, -0.05) is 32.1 Å². The molecule has 0 aliphatic rings. The van der Waals surface area contributed by atoms with E-state index in [2.05, 4.69) is 10.3 Å². The Kier molecular flexibility index (Phi) is 3.23. The minimum Gasteiger partial charge on any atom is -0.301 e. The maximum atomic E-state index is 11.8. The highest BCUT2D eigenvalue weighted by atomic mass is 32.1. The summed E-state index contributed by atoms with van der Waals surface area (Å²) < 4.78 is 0.801. The van der Waals surface area contributed by atoms with Gasteiger partial charge in [-0.2, -0.15) is 0 Å². The van der Waals surface area contributed by atoms with Gasteiger partial charge in [-0.15, -0.1) is 0 Å². The van der Waals surface area contributed by atoms with Crippen LogP contribution in [0.25, 0.3) is 10.2 Å². The van der Waals surface area contributed by atoms with Crippen LogP contribution in [0.15, 0.2) is 18.2 Å². The minimum atomic E-state index is -0.510. The number of amides is 1.